The number of hydrogen-bond acceptors (Lipinski definition) is 7. The second-order valence-corrected chi connectivity index (χ2v) is 3.92. The summed E-state index contributed by atoms with van der Waals surface area (Å²) in [4.78, 5) is 42.8. The molecule has 7 heteroatoms. The van der Waals surface area contributed by atoms with E-state index in [2.05, 4.69) is 20.0 Å². The molecular weight excluding hydrogens is 264 g/mol. The highest BCUT2D eigenvalue weighted by molar-refractivity contribution is 5.83. The molecule has 0 heterocycles. The van der Waals surface area contributed by atoms with Gasteiger partial charge in [-0.25, -0.2) is 9.59 Å². The standard InChI is InChI=1S/C13H10N2O5/c1-7(16)19-14-11-9-5-3-4-6-10(9)13(18)12(11)15-20-8(2)17/h3-6H,1-2H3/b14-11+,15-12+. The summed E-state index contributed by atoms with van der Waals surface area (Å²) < 4.78 is 0. The Kier molecular flexibility index (Phi) is 3.69. The van der Waals surface area contributed by atoms with E-state index in [0.717, 1.165) is 6.92 Å². The van der Waals surface area contributed by atoms with Crippen LogP contribution in [0.2, 0.25) is 0 Å². The van der Waals surface area contributed by atoms with Crippen LogP contribution in [0.4, 0.5) is 0 Å². The van der Waals surface area contributed by atoms with Gasteiger partial charge in [-0.15, -0.1) is 0 Å². The Morgan fingerprint density at radius 1 is 0.900 bits per heavy atom. The summed E-state index contributed by atoms with van der Waals surface area (Å²) in [6, 6.07) is 6.59. The van der Waals surface area contributed by atoms with E-state index in [9.17, 15) is 14.4 Å². The Bertz CT molecular complexity index is 844. The number of rotatable bonds is 2. The van der Waals surface area contributed by atoms with Crippen molar-refractivity contribution < 1.29 is 19.3 Å². The van der Waals surface area contributed by atoms with E-state index in [1.54, 1.807) is 24.3 Å². The monoisotopic (exact) mass is 274 g/mol. The summed E-state index contributed by atoms with van der Waals surface area (Å²) in [5.74, 6) is -1.31. The molecule has 0 saturated heterocycles. The third-order valence-corrected chi connectivity index (χ3v) is 2.40. The Morgan fingerprint density at radius 3 is 1.95 bits per heavy atom. The lowest BCUT2D eigenvalue weighted by molar-refractivity contribution is -0.142. The number of nitrogens with zero attached hydrogens (tertiary/aromatic N) is 2. The van der Waals surface area contributed by atoms with Crippen LogP contribution in [-0.2, 0) is 19.3 Å². The molecule has 0 aliphatic rings. The summed E-state index contributed by atoms with van der Waals surface area (Å²) in [5.41, 5.74) is -0.451. The molecule has 0 aliphatic heterocycles. The minimum atomic E-state index is -0.673. The molecule has 20 heavy (non-hydrogen) atoms. The molecule has 0 aliphatic carbocycles. The molecule has 2 aromatic carbocycles. The highest BCUT2D eigenvalue weighted by atomic mass is 16.7. The van der Waals surface area contributed by atoms with Crippen molar-refractivity contribution in [3.8, 4) is 0 Å². The first kappa shape index (κ1) is 13.6. The third-order valence-electron chi connectivity index (χ3n) is 2.40. The third kappa shape index (κ3) is 2.61. The molecule has 0 fully saturated rings. The maximum Gasteiger partial charge on any atom is 0.332 e. The van der Waals surface area contributed by atoms with Gasteiger partial charge in [0.2, 0.25) is 5.43 Å². The molecular formula is C13H10N2O5. The number of hydrogen-bond donors (Lipinski definition) is 0. The van der Waals surface area contributed by atoms with Gasteiger partial charge >= 0.3 is 11.9 Å². The van der Waals surface area contributed by atoms with E-state index < -0.39 is 17.4 Å². The Morgan fingerprint density at radius 2 is 1.40 bits per heavy atom. The maximum absolute atomic E-state index is 12.1. The molecule has 0 bridgehead atoms. The molecule has 0 atom stereocenters. The summed E-state index contributed by atoms with van der Waals surface area (Å²) in [5, 5.41) is 7.76. The van der Waals surface area contributed by atoms with E-state index in [-0.39, 0.29) is 10.7 Å². The van der Waals surface area contributed by atoms with E-state index in [0.29, 0.717) is 10.8 Å². The van der Waals surface area contributed by atoms with Crippen LogP contribution >= 0.6 is 0 Å². The zero-order valence-corrected chi connectivity index (χ0v) is 10.7. The second-order valence-electron chi connectivity index (χ2n) is 3.92. The van der Waals surface area contributed by atoms with Gasteiger partial charge in [-0.2, -0.15) is 0 Å². The number of fused-ring (bicyclic) bond motifs is 1. The Balaban J connectivity index is 2.81. The van der Waals surface area contributed by atoms with Gasteiger partial charge in [0.15, 0.2) is 5.36 Å². The number of benzene rings is 1. The van der Waals surface area contributed by atoms with Crippen LogP contribution in [0.15, 0.2) is 39.4 Å². The van der Waals surface area contributed by atoms with Crippen LogP contribution in [0.5, 0.6) is 0 Å². The lowest BCUT2D eigenvalue weighted by Crippen LogP contribution is -2.33. The fraction of sp³-hybridized carbons (Fsp3) is 0.154. The SMILES string of the molecule is CC(=O)O/N=c1/c(=O)c2ccccc2/c1=N\OC(C)=O. The van der Waals surface area contributed by atoms with Gasteiger partial charge in [-0.3, -0.25) is 4.79 Å². The second kappa shape index (κ2) is 5.43. The summed E-state index contributed by atoms with van der Waals surface area (Å²) in [6.07, 6.45) is 0. The smallest absolute Gasteiger partial charge is 0.318 e. The molecule has 0 unspecified atom stereocenters. The average Bonchev–Trinajstić information content (AvgIpc) is 2.67. The van der Waals surface area contributed by atoms with Gasteiger partial charge in [0, 0.05) is 24.6 Å². The van der Waals surface area contributed by atoms with Gasteiger partial charge in [0.05, 0.1) is 0 Å². The van der Waals surface area contributed by atoms with E-state index in [1.807, 2.05) is 0 Å². The minimum Gasteiger partial charge on any atom is -0.318 e. The van der Waals surface area contributed by atoms with Crippen molar-refractivity contribution in [2.45, 2.75) is 13.8 Å². The van der Waals surface area contributed by atoms with Crippen LogP contribution in [0, 0.1) is 0 Å². The van der Waals surface area contributed by atoms with Crippen molar-refractivity contribution in [1.29, 1.82) is 0 Å². The fourth-order valence-electron chi connectivity index (χ4n) is 1.65. The van der Waals surface area contributed by atoms with Crippen molar-refractivity contribution in [3.63, 3.8) is 0 Å². The molecule has 0 N–H and O–H groups in total. The quantitative estimate of drug-likeness (QED) is 0.560. The zero-order valence-electron chi connectivity index (χ0n) is 10.7. The van der Waals surface area contributed by atoms with Gasteiger partial charge in [-0.1, -0.05) is 34.6 Å². The lowest BCUT2D eigenvalue weighted by Gasteiger charge is -1.89. The Labute approximate surface area is 112 Å². The van der Waals surface area contributed by atoms with Crippen LogP contribution < -0.4 is 16.1 Å². The fourth-order valence-corrected chi connectivity index (χ4v) is 1.65. The predicted octanol–water partition coefficient (Wildman–Crippen LogP) is -0.167. The topological polar surface area (TPSA) is 94.4 Å². The number of carbonyl (C=O) groups is 2. The normalized spacial score (nSPS) is 12.7. The molecule has 0 aromatic heterocycles. The van der Waals surface area contributed by atoms with Crippen LogP contribution in [0.3, 0.4) is 0 Å². The first-order valence-electron chi connectivity index (χ1n) is 5.66. The molecule has 0 amide bonds. The van der Waals surface area contributed by atoms with Gasteiger partial charge in [-0.05, 0) is 0 Å². The van der Waals surface area contributed by atoms with Crippen molar-refractivity contribution in [2.24, 2.45) is 10.3 Å². The van der Waals surface area contributed by atoms with Crippen molar-refractivity contribution in [1.82, 2.24) is 0 Å². The molecule has 0 saturated carbocycles. The van der Waals surface area contributed by atoms with E-state index >= 15 is 0 Å². The molecule has 0 spiro atoms. The molecule has 2 aromatic rings. The number of carbonyl (C=O) groups excluding carboxylic acids is 2. The average molecular weight is 274 g/mol. The Hall–Kier alpha value is -2.83. The van der Waals surface area contributed by atoms with Crippen molar-refractivity contribution in [3.05, 3.63) is 45.2 Å². The van der Waals surface area contributed by atoms with Gasteiger partial charge < -0.3 is 9.68 Å². The molecule has 102 valence electrons. The molecule has 7 nitrogen and oxygen atoms in total. The van der Waals surface area contributed by atoms with Crippen molar-refractivity contribution >= 4 is 22.7 Å². The summed E-state index contributed by atoms with van der Waals surface area (Å²) in [6.45, 7) is 2.33. The predicted molar refractivity (Wildman–Crippen MR) is 67.2 cm³/mol. The highest BCUT2D eigenvalue weighted by Gasteiger charge is 2.10. The minimum absolute atomic E-state index is 0.0575. The lowest BCUT2D eigenvalue weighted by atomic mass is 10.2. The van der Waals surface area contributed by atoms with E-state index in [1.165, 1.54) is 6.92 Å². The molecule has 2 rings (SSSR count). The zero-order chi connectivity index (χ0) is 14.7. The van der Waals surface area contributed by atoms with Crippen molar-refractivity contribution in [2.75, 3.05) is 0 Å². The van der Waals surface area contributed by atoms with Gasteiger partial charge in [0.1, 0.15) is 5.36 Å². The summed E-state index contributed by atoms with van der Waals surface area (Å²) >= 11 is 0. The largest absolute Gasteiger partial charge is 0.332 e. The van der Waals surface area contributed by atoms with Gasteiger partial charge in [0.25, 0.3) is 0 Å². The first-order valence-corrected chi connectivity index (χ1v) is 5.66. The van der Waals surface area contributed by atoms with Crippen LogP contribution in [0.25, 0.3) is 10.8 Å². The van der Waals surface area contributed by atoms with Crippen LogP contribution in [-0.4, -0.2) is 11.9 Å². The molecule has 0 radical (unpaired) electrons. The summed E-state index contributed by atoms with van der Waals surface area (Å²) in [7, 11) is 0. The highest BCUT2D eigenvalue weighted by Crippen LogP contribution is 2.02. The van der Waals surface area contributed by atoms with E-state index in [4.69, 9.17) is 0 Å². The van der Waals surface area contributed by atoms with Crippen LogP contribution in [0.1, 0.15) is 13.8 Å². The maximum atomic E-state index is 12.1. The first-order chi connectivity index (χ1) is 9.50.